The summed E-state index contributed by atoms with van der Waals surface area (Å²) in [4.78, 5) is 12.6. The molecule has 0 spiro atoms. The van der Waals surface area contributed by atoms with Gasteiger partial charge < -0.3 is 16.3 Å². The van der Waals surface area contributed by atoms with E-state index in [0.717, 1.165) is 0 Å². The third-order valence-corrected chi connectivity index (χ3v) is 3.77. The van der Waals surface area contributed by atoms with E-state index in [-0.39, 0.29) is 11.7 Å². The summed E-state index contributed by atoms with van der Waals surface area (Å²) in [6, 6.07) is 3.55. The molecule has 0 fully saturated rings. The quantitative estimate of drug-likeness (QED) is 0.324. The van der Waals surface area contributed by atoms with Crippen LogP contribution in [0.5, 0.6) is 0 Å². The van der Waals surface area contributed by atoms with E-state index in [0.29, 0.717) is 17.7 Å². The second kappa shape index (κ2) is 5.67. The van der Waals surface area contributed by atoms with Crippen molar-refractivity contribution in [1.82, 2.24) is 5.32 Å². The minimum atomic E-state index is -0.782. The Kier molecular flexibility index (Phi) is 4.51. The van der Waals surface area contributed by atoms with Crippen molar-refractivity contribution in [3.05, 3.63) is 22.4 Å². The largest absolute Gasteiger partial charge is 0.409 e. The molecule has 0 bridgehead atoms. The molecule has 1 aromatic heterocycles. The first-order chi connectivity index (χ1) is 8.09. The van der Waals surface area contributed by atoms with Gasteiger partial charge in [0.2, 0.25) is 0 Å². The SMILES string of the molecule is CCC(CC)(NC(=O)c1cccs1)/C(N)=N/O. The Morgan fingerprint density at radius 3 is 2.65 bits per heavy atom. The van der Waals surface area contributed by atoms with Crippen molar-refractivity contribution in [1.29, 1.82) is 0 Å². The molecule has 0 saturated carbocycles. The molecule has 1 amide bonds. The predicted octanol–water partition coefficient (Wildman–Crippen LogP) is 1.78. The summed E-state index contributed by atoms with van der Waals surface area (Å²) in [7, 11) is 0. The van der Waals surface area contributed by atoms with Crippen molar-refractivity contribution in [2.75, 3.05) is 0 Å². The van der Waals surface area contributed by atoms with Gasteiger partial charge in [-0.05, 0) is 24.3 Å². The number of thiophene rings is 1. The lowest BCUT2D eigenvalue weighted by atomic mass is 9.91. The topological polar surface area (TPSA) is 87.7 Å². The van der Waals surface area contributed by atoms with Crippen molar-refractivity contribution < 1.29 is 10.0 Å². The van der Waals surface area contributed by atoms with Crippen LogP contribution < -0.4 is 11.1 Å². The van der Waals surface area contributed by atoms with Crippen LogP contribution in [0.1, 0.15) is 36.4 Å². The van der Waals surface area contributed by atoms with Gasteiger partial charge in [0.05, 0.1) is 4.88 Å². The van der Waals surface area contributed by atoms with E-state index in [1.54, 1.807) is 6.07 Å². The highest BCUT2D eigenvalue weighted by Gasteiger charge is 2.33. The van der Waals surface area contributed by atoms with Gasteiger partial charge in [-0.25, -0.2) is 0 Å². The maximum Gasteiger partial charge on any atom is 0.262 e. The minimum absolute atomic E-state index is 0.0346. The third-order valence-electron chi connectivity index (χ3n) is 2.90. The second-order valence-electron chi connectivity index (χ2n) is 3.71. The molecule has 4 N–H and O–H groups in total. The highest BCUT2D eigenvalue weighted by molar-refractivity contribution is 7.12. The first kappa shape index (κ1) is 13.5. The molecule has 0 aliphatic rings. The number of rotatable bonds is 5. The monoisotopic (exact) mass is 255 g/mol. The van der Waals surface area contributed by atoms with Gasteiger partial charge >= 0.3 is 0 Å². The maximum absolute atomic E-state index is 12.0. The number of carbonyl (C=O) groups is 1. The van der Waals surface area contributed by atoms with Crippen LogP contribution in [0.15, 0.2) is 22.7 Å². The van der Waals surface area contributed by atoms with E-state index in [9.17, 15) is 4.79 Å². The third kappa shape index (κ3) is 2.76. The first-order valence-corrected chi connectivity index (χ1v) is 6.31. The van der Waals surface area contributed by atoms with Crippen LogP contribution in [-0.4, -0.2) is 22.5 Å². The fourth-order valence-corrected chi connectivity index (χ4v) is 2.25. The van der Waals surface area contributed by atoms with Gasteiger partial charge in [0.25, 0.3) is 5.91 Å². The number of amidine groups is 1. The molecule has 17 heavy (non-hydrogen) atoms. The number of hydrogen-bond donors (Lipinski definition) is 3. The Hall–Kier alpha value is -1.56. The summed E-state index contributed by atoms with van der Waals surface area (Å²) in [5.74, 6) is -0.164. The summed E-state index contributed by atoms with van der Waals surface area (Å²) in [5, 5.41) is 16.5. The van der Waals surface area contributed by atoms with Crippen LogP contribution in [0, 0.1) is 0 Å². The molecule has 5 nitrogen and oxygen atoms in total. The van der Waals surface area contributed by atoms with E-state index in [2.05, 4.69) is 10.5 Å². The van der Waals surface area contributed by atoms with E-state index in [1.165, 1.54) is 11.3 Å². The lowest BCUT2D eigenvalue weighted by Crippen LogP contribution is -2.56. The van der Waals surface area contributed by atoms with Crippen LogP contribution in [0.3, 0.4) is 0 Å². The number of nitrogens with two attached hydrogens (primary N) is 1. The molecule has 0 radical (unpaired) electrons. The standard InChI is InChI=1S/C11H17N3O2S/c1-3-11(4-2,10(12)14-16)13-9(15)8-6-5-7-17-8/h5-7,16H,3-4H2,1-2H3,(H2,12,14)(H,13,15). The zero-order chi connectivity index (χ0) is 12.9. The molecule has 1 aromatic rings. The molecule has 0 saturated heterocycles. The lowest BCUT2D eigenvalue weighted by Gasteiger charge is -2.31. The van der Waals surface area contributed by atoms with Gasteiger partial charge in [0, 0.05) is 0 Å². The predicted molar refractivity (Wildman–Crippen MR) is 68.5 cm³/mol. The molecule has 0 aliphatic heterocycles. The molecule has 0 aromatic carbocycles. The van der Waals surface area contributed by atoms with Crippen molar-refractivity contribution >= 4 is 23.1 Å². The second-order valence-corrected chi connectivity index (χ2v) is 4.65. The van der Waals surface area contributed by atoms with Gasteiger partial charge in [-0.15, -0.1) is 11.3 Å². The van der Waals surface area contributed by atoms with Gasteiger partial charge in [0.1, 0.15) is 5.54 Å². The average molecular weight is 255 g/mol. The summed E-state index contributed by atoms with van der Waals surface area (Å²) < 4.78 is 0. The number of hydrogen-bond acceptors (Lipinski definition) is 4. The van der Waals surface area contributed by atoms with E-state index >= 15 is 0 Å². The van der Waals surface area contributed by atoms with Gasteiger partial charge in [-0.3, -0.25) is 4.79 Å². The van der Waals surface area contributed by atoms with Crippen LogP contribution in [0.25, 0.3) is 0 Å². The zero-order valence-corrected chi connectivity index (χ0v) is 10.8. The Morgan fingerprint density at radius 1 is 1.59 bits per heavy atom. The molecule has 0 unspecified atom stereocenters. The molecule has 6 heteroatoms. The number of nitrogens with one attached hydrogen (secondary N) is 1. The normalized spacial score (nSPS) is 12.5. The minimum Gasteiger partial charge on any atom is -0.409 e. The van der Waals surface area contributed by atoms with Crippen molar-refractivity contribution in [2.24, 2.45) is 10.9 Å². The number of carbonyl (C=O) groups excluding carboxylic acids is 1. The smallest absolute Gasteiger partial charge is 0.262 e. The summed E-state index contributed by atoms with van der Waals surface area (Å²) >= 11 is 1.36. The highest BCUT2D eigenvalue weighted by Crippen LogP contribution is 2.18. The van der Waals surface area contributed by atoms with Crippen LogP contribution in [0.2, 0.25) is 0 Å². The lowest BCUT2D eigenvalue weighted by molar-refractivity contribution is 0.0922. The number of amides is 1. The molecule has 94 valence electrons. The molecular weight excluding hydrogens is 238 g/mol. The average Bonchev–Trinajstić information content (AvgIpc) is 2.88. The summed E-state index contributed by atoms with van der Waals surface area (Å²) in [6.45, 7) is 3.77. The Balaban J connectivity index is 2.91. The van der Waals surface area contributed by atoms with Crippen molar-refractivity contribution in [2.45, 2.75) is 32.2 Å². The summed E-state index contributed by atoms with van der Waals surface area (Å²) in [5.41, 5.74) is 4.88. The molecule has 1 heterocycles. The first-order valence-electron chi connectivity index (χ1n) is 5.43. The number of nitrogens with zero attached hydrogens (tertiary/aromatic N) is 1. The zero-order valence-electron chi connectivity index (χ0n) is 9.93. The fraction of sp³-hybridized carbons (Fsp3) is 0.455. The van der Waals surface area contributed by atoms with Crippen LogP contribution in [-0.2, 0) is 0 Å². The molecule has 0 atom stereocenters. The van der Waals surface area contributed by atoms with Gasteiger partial charge in [0.15, 0.2) is 5.84 Å². The van der Waals surface area contributed by atoms with Crippen LogP contribution >= 0.6 is 11.3 Å². The Bertz CT molecular complexity index is 397. The van der Waals surface area contributed by atoms with Gasteiger partial charge in [-0.2, -0.15) is 0 Å². The fourth-order valence-electron chi connectivity index (χ4n) is 1.64. The van der Waals surface area contributed by atoms with E-state index in [4.69, 9.17) is 10.9 Å². The van der Waals surface area contributed by atoms with Gasteiger partial charge in [-0.1, -0.05) is 25.1 Å². The maximum atomic E-state index is 12.0. The summed E-state index contributed by atoms with van der Waals surface area (Å²) in [6.07, 6.45) is 1.13. The van der Waals surface area contributed by atoms with E-state index in [1.807, 2.05) is 25.3 Å². The molecule has 1 rings (SSSR count). The number of oxime groups is 1. The van der Waals surface area contributed by atoms with Crippen LogP contribution in [0.4, 0.5) is 0 Å². The highest BCUT2D eigenvalue weighted by atomic mass is 32.1. The van der Waals surface area contributed by atoms with Crippen molar-refractivity contribution in [3.8, 4) is 0 Å². The van der Waals surface area contributed by atoms with Crippen molar-refractivity contribution in [3.63, 3.8) is 0 Å². The Morgan fingerprint density at radius 2 is 2.24 bits per heavy atom. The van der Waals surface area contributed by atoms with E-state index < -0.39 is 5.54 Å². The molecule has 0 aliphatic carbocycles. The Labute approximate surface area is 104 Å². The molecular formula is C11H17N3O2S.